The van der Waals surface area contributed by atoms with Crippen molar-refractivity contribution in [3.05, 3.63) is 108 Å². The lowest BCUT2D eigenvalue weighted by Gasteiger charge is -2.27. The third-order valence-electron chi connectivity index (χ3n) is 6.58. The van der Waals surface area contributed by atoms with Crippen molar-refractivity contribution < 1.29 is 4.79 Å². The van der Waals surface area contributed by atoms with Gasteiger partial charge in [0.15, 0.2) is 0 Å². The van der Waals surface area contributed by atoms with E-state index in [-0.39, 0.29) is 11.8 Å². The Bertz CT molecular complexity index is 907. The normalized spacial score (nSPS) is 15.0. The van der Waals surface area contributed by atoms with Crippen molar-refractivity contribution in [3.8, 4) is 0 Å². The maximum absolute atomic E-state index is 12.5. The molecular weight excluding hydrogens is 378 g/mol. The first-order valence-electron chi connectivity index (χ1n) is 11.5. The maximum Gasteiger partial charge on any atom is 0.220 e. The Hall–Kier alpha value is -2.87. The van der Waals surface area contributed by atoms with Gasteiger partial charge in [-0.05, 0) is 60.1 Å². The van der Waals surface area contributed by atoms with Crippen LogP contribution >= 0.6 is 0 Å². The molecule has 0 saturated heterocycles. The molecule has 0 aliphatic rings. The second-order valence-corrected chi connectivity index (χ2v) is 8.74. The van der Waals surface area contributed by atoms with Crippen LogP contribution in [0.25, 0.3) is 0 Å². The molecule has 0 bridgehead atoms. The zero-order valence-corrected chi connectivity index (χ0v) is 18.8. The Morgan fingerprint density at radius 2 is 1.10 bits per heavy atom. The molecule has 2 nitrogen and oxygen atoms in total. The van der Waals surface area contributed by atoms with Crippen LogP contribution in [0.3, 0.4) is 0 Å². The number of hydrogen-bond donors (Lipinski definition) is 1. The van der Waals surface area contributed by atoms with Gasteiger partial charge in [0.05, 0.1) is 0 Å². The standard InChI is InChI=1S/C29H35NO/c1-3-23(25-15-9-5-10-16-25)20-28(29(30)31)21-27(26-17-11-6-12-18-26)19-22(2)24-13-7-4-8-14-24/h4-18,22-23,27-28H,3,19-21H2,1-2H3,(H2,30,31). The summed E-state index contributed by atoms with van der Waals surface area (Å²) in [5, 5.41) is 0. The lowest BCUT2D eigenvalue weighted by atomic mass is 9.77. The molecule has 3 rings (SSSR count). The summed E-state index contributed by atoms with van der Waals surface area (Å²) in [4.78, 5) is 12.5. The van der Waals surface area contributed by atoms with Crippen LogP contribution in [0.2, 0.25) is 0 Å². The lowest BCUT2D eigenvalue weighted by molar-refractivity contribution is -0.122. The highest BCUT2D eigenvalue weighted by atomic mass is 16.1. The fourth-order valence-electron chi connectivity index (χ4n) is 4.72. The molecule has 0 saturated carbocycles. The molecule has 2 heteroatoms. The SMILES string of the molecule is CCC(CC(CC(CC(C)c1ccccc1)c1ccccc1)C(N)=O)c1ccccc1. The molecule has 0 fully saturated rings. The minimum absolute atomic E-state index is 0.140. The first kappa shape index (κ1) is 22.8. The molecule has 4 unspecified atom stereocenters. The summed E-state index contributed by atoms with van der Waals surface area (Å²) < 4.78 is 0. The molecule has 2 N–H and O–H groups in total. The second-order valence-electron chi connectivity index (χ2n) is 8.74. The largest absolute Gasteiger partial charge is 0.369 e. The van der Waals surface area contributed by atoms with Crippen molar-refractivity contribution in [1.82, 2.24) is 0 Å². The van der Waals surface area contributed by atoms with Crippen LogP contribution in [0.1, 0.15) is 74.0 Å². The maximum atomic E-state index is 12.5. The summed E-state index contributed by atoms with van der Waals surface area (Å²) in [5.41, 5.74) is 9.88. The topological polar surface area (TPSA) is 43.1 Å². The van der Waals surface area contributed by atoms with Crippen LogP contribution in [-0.4, -0.2) is 5.91 Å². The number of carbonyl (C=O) groups excluding carboxylic acids is 1. The predicted molar refractivity (Wildman–Crippen MR) is 130 cm³/mol. The van der Waals surface area contributed by atoms with E-state index in [2.05, 4.69) is 98.8 Å². The van der Waals surface area contributed by atoms with Gasteiger partial charge < -0.3 is 5.73 Å². The fraction of sp³-hybridized carbons (Fsp3) is 0.345. The number of rotatable bonds is 11. The smallest absolute Gasteiger partial charge is 0.220 e. The van der Waals surface area contributed by atoms with Crippen molar-refractivity contribution in [2.45, 2.75) is 57.3 Å². The molecule has 0 radical (unpaired) electrons. The molecule has 4 atom stereocenters. The lowest BCUT2D eigenvalue weighted by Crippen LogP contribution is -2.27. The van der Waals surface area contributed by atoms with Crippen LogP contribution in [0, 0.1) is 5.92 Å². The number of benzene rings is 3. The first-order valence-corrected chi connectivity index (χ1v) is 11.5. The van der Waals surface area contributed by atoms with Gasteiger partial charge in [-0.3, -0.25) is 4.79 Å². The second kappa shape index (κ2) is 11.5. The average Bonchev–Trinajstić information content (AvgIpc) is 2.82. The predicted octanol–water partition coefficient (Wildman–Crippen LogP) is 7.04. The number of hydrogen-bond acceptors (Lipinski definition) is 1. The molecule has 0 aliphatic heterocycles. The highest BCUT2D eigenvalue weighted by Gasteiger charge is 2.27. The molecule has 0 aliphatic carbocycles. The Labute approximate surface area is 187 Å². The van der Waals surface area contributed by atoms with E-state index in [0.29, 0.717) is 17.8 Å². The van der Waals surface area contributed by atoms with Gasteiger partial charge in [-0.15, -0.1) is 0 Å². The van der Waals surface area contributed by atoms with Gasteiger partial charge in [0, 0.05) is 5.92 Å². The molecule has 3 aromatic carbocycles. The number of amides is 1. The highest BCUT2D eigenvalue weighted by molar-refractivity contribution is 5.76. The molecule has 3 aromatic rings. The fourth-order valence-corrected chi connectivity index (χ4v) is 4.72. The van der Waals surface area contributed by atoms with Gasteiger partial charge >= 0.3 is 0 Å². The molecule has 31 heavy (non-hydrogen) atoms. The van der Waals surface area contributed by atoms with E-state index in [9.17, 15) is 4.79 Å². The molecular formula is C29H35NO. The monoisotopic (exact) mass is 413 g/mol. The van der Waals surface area contributed by atoms with Gasteiger partial charge in [0.2, 0.25) is 5.91 Å². The summed E-state index contributed by atoms with van der Waals surface area (Å²) in [6.07, 6.45) is 3.60. The number of carbonyl (C=O) groups is 1. The summed E-state index contributed by atoms with van der Waals surface area (Å²) in [7, 11) is 0. The van der Waals surface area contributed by atoms with Gasteiger partial charge in [-0.25, -0.2) is 0 Å². The van der Waals surface area contributed by atoms with Crippen LogP contribution in [0.4, 0.5) is 0 Å². The number of primary amides is 1. The summed E-state index contributed by atoms with van der Waals surface area (Å²) in [6, 6.07) is 31.8. The van der Waals surface area contributed by atoms with E-state index < -0.39 is 0 Å². The van der Waals surface area contributed by atoms with Gasteiger partial charge in [0.25, 0.3) is 0 Å². The molecule has 0 spiro atoms. The first-order chi connectivity index (χ1) is 15.1. The van der Waals surface area contributed by atoms with Crippen molar-refractivity contribution in [2.75, 3.05) is 0 Å². The number of nitrogens with two attached hydrogens (primary N) is 1. The third-order valence-corrected chi connectivity index (χ3v) is 6.58. The average molecular weight is 414 g/mol. The van der Waals surface area contributed by atoms with Crippen molar-refractivity contribution in [1.29, 1.82) is 0 Å². The van der Waals surface area contributed by atoms with Crippen molar-refractivity contribution >= 4 is 5.91 Å². The van der Waals surface area contributed by atoms with E-state index in [1.807, 2.05) is 6.07 Å². The van der Waals surface area contributed by atoms with Gasteiger partial charge in [-0.2, -0.15) is 0 Å². The Morgan fingerprint density at radius 3 is 1.55 bits per heavy atom. The van der Waals surface area contributed by atoms with E-state index in [1.165, 1.54) is 16.7 Å². The van der Waals surface area contributed by atoms with Gasteiger partial charge in [0.1, 0.15) is 0 Å². The van der Waals surface area contributed by atoms with E-state index in [0.717, 1.165) is 25.7 Å². The van der Waals surface area contributed by atoms with Crippen LogP contribution < -0.4 is 5.73 Å². The zero-order chi connectivity index (χ0) is 22.1. The van der Waals surface area contributed by atoms with Crippen LogP contribution in [-0.2, 0) is 4.79 Å². The Kier molecular flexibility index (Phi) is 8.46. The van der Waals surface area contributed by atoms with E-state index in [4.69, 9.17) is 5.73 Å². The highest BCUT2D eigenvalue weighted by Crippen LogP contribution is 2.37. The van der Waals surface area contributed by atoms with Gasteiger partial charge in [-0.1, -0.05) is 105 Å². The summed E-state index contributed by atoms with van der Waals surface area (Å²) >= 11 is 0. The van der Waals surface area contributed by atoms with Crippen molar-refractivity contribution in [2.24, 2.45) is 11.7 Å². The molecule has 162 valence electrons. The Balaban J connectivity index is 1.80. The van der Waals surface area contributed by atoms with E-state index in [1.54, 1.807) is 0 Å². The molecule has 0 heterocycles. The summed E-state index contributed by atoms with van der Waals surface area (Å²) in [5.74, 6) is 0.737. The summed E-state index contributed by atoms with van der Waals surface area (Å²) in [6.45, 7) is 4.48. The molecule has 1 amide bonds. The van der Waals surface area contributed by atoms with Crippen LogP contribution in [0.5, 0.6) is 0 Å². The molecule has 0 aromatic heterocycles. The Morgan fingerprint density at radius 1 is 0.677 bits per heavy atom. The third kappa shape index (κ3) is 6.55. The van der Waals surface area contributed by atoms with E-state index >= 15 is 0 Å². The minimum Gasteiger partial charge on any atom is -0.369 e. The van der Waals surface area contributed by atoms with Crippen LogP contribution in [0.15, 0.2) is 91.0 Å². The minimum atomic E-state index is -0.178. The quantitative estimate of drug-likeness (QED) is 0.360. The zero-order valence-electron chi connectivity index (χ0n) is 18.8. The van der Waals surface area contributed by atoms with Crippen molar-refractivity contribution in [3.63, 3.8) is 0 Å².